The van der Waals surface area contributed by atoms with Crippen molar-refractivity contribution < 1.29 is 27.9 Å². The number of carboxylic acids is 1. The molecule has 2 aliphatic heterocycles. The normalized spacial score (nSPS) is 18.5. The fourth-order valence-electron chi connectivity index (χ4n) is 3.46. The Morgan fingerprint density at radius 2 is 1.76 bits per heavy atom. The molecule has 2 heterocycles. The van der Waals surface area contributed by atoms with Crippen molar-refractivity contribution in [1.29, 1.82) is 0 Å². The van der Waals surface area contributed by atoms with Crippen molar-refractivity contribution in [2.75, 3.05) is 74.9 Å². The number of rotatable bonds is 6. The number of morpholine rings is 1. The van der Waals surface area contributed by atoms with Crippen LogP contribution in [0.4, 0.5) is 11.4 Å². The number of anilines is 2. The summed E-state index contributed by atoms with van der Waals surface area (Å²) < 4.78 is 30.4. The third-order valence-corrected chi connectivity index (χ3v) is 5.58. The minimum Gasteiger partial charge on any atom is -0.478 e. The van der Waals surface area contributed by atoms with E-state index < -0.39 is 16.0 Å². The Morgan fingerprint density at radius 1 is 1.10 bits per heavy atom. The number of sulfonamides is 1. The second kappa shape index (κ2) is 8.97. The fraction of sp³-hybridized carbons (Fsp3) is 0.556. The summed E-state index contributed by atoms with van der Waals surface area (Å²) in [5.41, 5.74) is 0.650. The summed E-state index contributed by atoms with van der Waals surface area (Å²) in [6.45, 7) is 5.44. The van der Waals surface area contributed by atoms with Crippen LogP contribution in [0.25, 0.3) is 0 Å². The molecule has 1 amide bonds. The Labute approximate surface area is 170 Å². The molecule has 2 saturated heterocycles. The number of hydrogen-bond donors (Lipinski definition) is 2. The van der Waals surface area contributed by atoms with Gasteiger partial charge < -0.3 is 19.6 Å². The van der Waals surface area contributed by atoms with E-state index in [4.69, 9.17) is 4.74 Å². The number of benzene rings is 1. The molecule has 11 heteroatoms. The largest absolute Gasteiger partial charge is 0.478 e. The Hall–Kier alpha value is -2.37. The van der Waals surface area contributed by atoms with E-state index in [1.54, 1.807) is 6.07 Å². The average molecular weight is 426 g/mol. The van der Waals surface area contributed by atoms with E-state index in [1.807, 2.05) is 9.80 Å². The lowest BCUT2D eigenvalue weighted by Gasteiger charge is -2.37. The first kappa shape index (κ1) is 21.3. The van der Waals surface area contributed by atoms with Gasteiger partial charge >= 0.3 is 5.97 Å². The highest BCUT2D eigenvalue weighted by molar-refractivity contribution is 7.92. The molecule has 2 N–H and O–H groups in total. The number of piperazine rings is 1. The number of carboxylic acid groups (broad SMARTS) is 1. The standard InChI is InChI=1S/C18H26N4O6S/c1-29(26,27)19-16-3-2-14(12-15(16)18(24)25)21-6-4-20(5-7-21)13-17(23)22-8-10-28-11-9-22/h2-3,12,19H,4-11,13H2,1H3,(H,24,25). The molecule has 1 aromatic carbocycles. The summed E-state index contributed by atoms with van der Waals surface area (Å²) in [4.78, 5) is 29.9. The molecular weight excluding hydrogens is 400 g/mol. The molecule has 0 spiro atoms. The van der Waals surface area contributed by atoms with Crippen LogP contribution in [0.1, 0.15) is 10.4 Å². The second-order valence-electron chi connectivity index (χ2n) is 7.17. The Balaban J connectivity index is 1.60. The second-order valence-corrected chi connectivity index (χ2v) is 8.91. The van der Waals surface area contributed by atoms with E-state index in [0.717, 1.165) is 6.26 Å². The number of hydrogen-bond acceptors (Lipinski definition) is 7. The van der Waals surface area contributed by atoms with Crippen molar-refractivity contribution >= 4 is 33.3 Å². The molecular formula is C18H26N4O6S. The van der Waals surface area contributed by atoms with Crippen molar-refractivity contribution in [3.63, 3.8) is 0 Å². The third kappa shape index (κ3) is 5.81. The lowest BCUT2D eigenvalue weighted by atomic mass is 10.1. The van der Waals surface area contributed by atoms with Crippen LogP contribution in [0.15, 0.2) is 18.2 Å². The molecule has 0 saturated carbocycles. The maximum absolute atomic E-state index is 12.4. The number of carbonyl (C=O) groups is 2. The van der Waals surface area contributed by atoms with E-state index in [-0.39, 0.29) is 17.2 Å². The molecule has 0 aromatic heterocycles. The zero-order chi connectivity index (χ0) is 21.0. The van der Waals surface area contributed by atoms with Crippen molar-refractivity contribution in [2.45, 2.75) is 0 Å². The number of amides is 1. The molecule has 1 aromatic rings. The lowest BCUT2D eigenvalue weighted by molar-refractivity contribution is -0.136. The maximum Gasteiger partial charge on any atom is 0.337 e. The van der Waals surface area contributed by atoms with Gasteiger partial charge in [-0.15, -0.1) is 0 Å². The van der Waals surface area contributed by atoms with E-state index in [2.05, 4.69) is 9.62 Å². The predicted octanol–water partition coefficient (Wildman–Crippen LogP) is -0.263. The molecule has 0 atom stereocenters. The van der Waals surface area contributed by atoms with Gasteiger partial charge in [-0.2, -0.15) is 0 Å². The first-order valence-corrected chi connectivity index (χ1v) is 11.3. The highest BCUT2D eigenvalue weighted by Crippen LogP contribution is 2.25. The van der Waals surface area contributed by atoms with Gasteiger partial charge in [0.05, 0.1) is 37.3 Å². The van der Waals surface area contributed by atoms with Crippen LogP contribution in [0.2, 0.25) is 0 Å². The summed E-state index contributed by atoms with van der Waals surface area (Å²) in [6, 6.07) is 4.65. The highest BCUT2D eigenvalue weighted by Gasteiger charge is 2.24. The Bertz CT molecular complexity index is 861. The van der Waals surface area contributed by atoms with Crippen LogP contribution in [-0.4, -0.2) is 100 Å². The van der Waals surface area contributed by atoms with Gasteiger partial charge in [-0.25, -0.2) is 13.2 Å². The molecule has 10 nitrogen and oxygen atoms in total. The predicted molar refractivity (Wildman–Crippen MR) is 108 cm³/mol. The zero-order valence-electron chi connectivity index (χ0n) is 16.3. The van der Waals surface area contributed by atoms with E-state index in [1.165, 1.54) is 12.1 Å². The van der Waals surface area contributed by atoms with Gasteiger partial charge in [0, 0.05) is 45.0 Å². The first-order chi connectivity index (χ1) is 13.7. The van der Waals surface area contributed by atoms with Crippen LogP contribution in [0.3, 0.4) is 0 Å². The molecule has 0 bridgehead atoms. The highest BCUT2D eigenvalue weighted by atomic mass is 32.2. The van der Waals surface area contributed by atoms with Gasteiger partial charge in [0.1, 0.15) is 0 Å². The Morgan fingerprint density at radius 3 is 2.34 bits per heavy atom. The van der Waals surface area contributed by atoms with E-state index >= 15 is 0 Å². The summed E-state index contributed by atoms with van der Waals surface area (Å²) in [5, 5.41) is 9.44. The van der Waals surface area contributed by atoms with Crippen LogP contribution in [-0.2, 0) is 19.6 Å². The summed E-state index contributed by atoms with van der Waals surface area (Å²) in [6.07, 6.45) is 0.976. The average Bonchev–Trinajstić information content (AvgIpc) is 2.68. The summed E-state index contributed by atoms with van der Waals surface area (Å²) in [7, 11) is -3.58. The fourth-order valence-corrected chi connectivity index (χ4v) is 4.04. The van der Waals surface area contributed by atoms with Crippen molar-refractivity contribution in [1.82, 2.24) is 9.80 Å². The number of carbonyl (C=O) groups excluding carboxylic acids is 1. The molecule has 0 unspecified atom stereocenters. The van der Waals surface area contributed by atoms with Crippen LogP contribution < -0.4 is 9.62 Å². The first-order valence-electron chi connectivity index (χ1n) is 9.41. The number of nitrogens with zero attached hydrogens (tertiary/aromatic N) is 3. The monoisotopic (exact) mass is 426 g/mol. The zero-order valence-corrected chi connectivity index (χ0v) is 17.2. The minimum atomic E-state index is -3.58. The Kier molecular flexibility index (Phi) is 6.60. The molecule has 3 rings (SSSR count). The molecule has 0 radical (unpaired) electrons. The smallest absolute Gasteiger partial charge is 0.337 e. The van der Waals surface area contributed by atoms with Crippen molar-refractivity contribution in [3.8, 4) is 0 Å². The molecule has 160 valence electrons. The van der Waals surface area contributed by atoms with Crippen molar-refractivity contribution in [3.05, 3.63) is 23.8 Å². The SMILES string of the molecule is CS(=O)(=O)Nc1ccc(N2CCN(CC(=O)N3CCOCC3)CC2)cc1C(=O)O. The molecule has 2 fully saturated rings. The lowest BCUT2D eigenvalue weighted by Crippen LogP contribution is -2.51. The maximum atomic E-state index is 12.4. The minimum absolute atomic E-state index is 0.0403. The summed E-state index contributed by atoms with van der Waals surface area (Å²) in [5.74, 6) is -1.10. The molecule has 29 heavy (non-hydrogen) atoms. The molecule has 0 aliphatic carbocycles. The van der Waals surface area contributed by atoms with Crippen LogP contribution >= 0.6 is 0 Å². The van der Waals surface area contributed by atoms with Gasteiger partial charge in [0.25, 0.3) is 0 Å². The van der Waals surface area contributed by atoms with Gasteiger partial charge in [-0.3, -0.25) is 14.4 Å². The van der Waals surface area contributed by atoms with Gasteiger partial charge in [-0.1, -0.05) is 0 Å². The van der Waals surface area contributed by atoms with Crippen LogP contribution in [0.5, 0.6) is 0 Å². The third-order valence-electron chi connectivity index (χ3n) is 4.99. The summed E-state index contributed by atoms with van der Waals surface area (Å²) >= 11 is 0. The van der Waals surface area contributed by atoms with E-state index in [0.29, 0.717) is 64.7 Å². The van der Waals surface area contributed by atoms with Gasteiger partial charge in [-0.05, 0) is 18.2 Å². The van der Waals surface area contributed by atoms with Crippen molar-refractivity contribution in [2.24, 2.45) is 0 Å². The topological polar surface area (TPSA) is 119 Å². The van der Waals surface area contributed by atoms with Gasteiger partial charge in [0.2, 0.25) is 15.9 Å². The quantitative estimate of drug-likeness (QED) is 0.638. The number of ether oxygens (including phenoxy) is 1. The van der Waals surface area contributed by atoms with E-state index in [9.17, 15) is 23.1 Å². The molecule has 2 aliphatic rings. The number of aromatic carboxylic acids is 1. The van der Waals surface area contributed by atoms with Gasteiger partial charge in [0.15, 0.2) is 0 Å². The number of nitrogens with one attached hydrogen (secondary N) is 1. The van der Waals surface area contributed by atoms with Crippen LogP contribution in [0, 0.1) is 0 Å².